The third-order valence-corrected chi connectivity index (χ3v) is 2.79. The largest absolute Gasteiger partial charge is 0.345 e. The zero-order valence-electron chi connectivity index (χ0n) is 11.1. The van der Waals surface area contributed by atoms with Crippen molar-refractivity contribution >= 4 is 5.91 Å². The molecule has 1 atom stereocenters. The summed E-state index contributed by atoms with van der Waals surface area (Å²) in [5.74, 6) is 0.752. The van der Waals surface area contributed by atoms with Gasteiger partial charge in [0.15, 0.2) is 5.82 Å². The molecular weight excluding hydrogens is 218 g/mol. The van der Waals surface area contributed by atoms with Gasteiger partial charge in [0.25, 0.3) is 0 Å². The average Bonchev–Trinajstić information content (AvgIpc) is 2.63. The summed E-state index contributed by atoms with van der Waals surface area (Å²) in [6.07, 6.45) is 1.62. The van der Waals surface area contributed by atoms with Gasteiger partial charge in [-0.2, -0.15) is 0 Å². The number of hydrogen-bond acceptors (Lipinski definition) is 4. The molecule has 6 heteroatoms. The third kappa shape index (κ3) is 3.81. The smallest absolute Gasteiger partial charge is 0.234 e. The Morgan fingerprint density at radius 2 is 2.18 bits per heavy atom. The van der Waals surface area contributed by atoms with Gasteiger partial charge in [-0.1, -0.05) is 0 Å². The van der Waals surface area contributed by atoms with Crippen molar-refractivity contribution in [3.05, 3.63) is 12.2 Å². The molecule has 6 nitrogen and oxygen atoms in total. The molecule has 0 saturated carbocycles. The van der Waals surface area contributed by atoms with Crippen LogP contribution >= 0.6 is 0 Å². The second-order valence-electron chi connectivity index (χ2n) is 4.60. The van der Waals surface area contributed by atoms with Crippen LogP contribution < -0.4 is 5.32 Å². The van der Waals surface area contributed by atoms with Crippen LogP contribution in [-0.2, 0) is 11.8 Å². The monoisotopic (exact) mass is 239 g/mol. The standard InChI is InChI=1S/C11H21N5O/c1-8(2)15(4)6-10(17)13-9(3)11-14-12-7-16(11)5/h7-9H,6H2,1-5H3,(H,13,17). The molecule has 1 N–H and O–H groups in total. The lowest BCUT2D eigenvalue weighted by Crippen LogP contribution is -2.39. The van der Waals surface area contributed by atoms with Crippen molar-refractivity contribution in [2.24, 2.45) is 7.05 Å². The number of aromatic nitrogens is 3. The number of carbonyl (C=O) groups excluding carboxylic acids is 1. The summed E-state index contributed by atoms with van der Waals surface area (Å²) in [6, 6.07) is 0.224. The minimum Gasteiger partial charge on any atom is -0.345 e. The highest BCUT2D eigenvalue weighted by molar-refractivity contribution is 5.78. The van der Waals surface area contributed by atoms with Crippen molar-refractivity contribution < 1.29 is 4.79 Å². The lowest BCUT2D eigenvalue weighted by molar-refractivity contribution is -0.123. The second kappa shape index (κ2) is 5.77. The van der Waals surface area contributed by atoms with Crippen LogP contribution in [0.15, 0.2) is 6.33 Å². The van der Waals surface area contributed by atoms with Gasteiger partial charge in [-0.25, -0.2) is 0 Å². The number of likely N-dealkylation sites (N-methyl/N-ethyl adjacent to an activating group) is 1. The van der Waals surface area contributed by atoms with Gasteiger partial charge in [-0.15, -0.1) is 10.2 Å². The second-order valence-corrected chi connectivity index (χ2v) is 4.60. The summed E-state index contributed by atoms with van der Waals surface area (Å²) in [4.78, 5) is 13.7. The zero-order valence-corrected chi connectivity index (χ0v) is 11.1. The maximum absolute atomic E-state index is 11.8. The molecule has 0 aliphatic heterocycles. The Labute approximate surface area is 102 Å². The van der Waals surface area contributed by atoms with E-state index in [4.69, 9.17) is 0 Å². The van der Waals surface area contributed by atoms with Gasteiger partial charge in [0.2, 0.25) is 5.91 Å². The Balaban J connectivity index is 2.49. The molecule has 1 amide bonds. The van der Waals surface area contributed by atoms with Crippen molar-refractivity contribution in [2.45, 2.75) is 32.9 Å². The summed E-state index contributed by atoms with van der Waals surface area (Å²) >= 11 is 0. The van der Waals surface area contributed by atoms with Crippen molar-refractivity contribution in [1.29, 1.82) is 0 Å². The van der Waals surface area contributed by atoms with Crippen LogP contribution in [0.4, 0.5) is 0 Å². The van der Waals surface area contributed by atoms with Crippen LogP contribution in [0.25, 0.3) is 0 Å². The fourth-order valence-electron chi connectivity index (χ4n) is 1.44. The quantitative estimate of drug-likeness (QED) is 0.804. The first-order chi connectivity index (χ1) is 7.91. The van der Waals surface area contributed by atoms with E-state index < -0.39 is 0 Å². The first-order valence-electron chi connectivity index (χ1n) is 5.75. The van der Waals surface area contributed by atoms with Crippen LogP contribution in [-0.4, -0.2) is 45.2 Å². The molecule has 0 radical (unpaired) electrons. The predicted octanol–water partition coefficient (Wildman–Crippen LogP) is 0.333. The number of amides is 1. The molecule has 17 heavy (non-hydrogen) atoms. The minimum absolute atomic E-state index is 0.00306. The highest BCUT2D eigenvalue weighted by Gasteiger charge is 2.15. The molecule has 0 fully saturated rings. The molecule has 1 unspecified atom stereocenters. The summed E-state index contributed by atoms with van der Waals surface area (Å²) in [7, 11) is 3.79. The number of rotatable bonds is 5. The Morgan fingerprint density at radius 1 is 1.53 bits per heavy atom. The van der Waals surface area contributed by atoms with Crippen LogP contribution in [0.3, 0.4) is 0 Å². The molecule has 0 aromatic carbocycles. The van der Waals surface area contributed by atoms with E-state index in [-0.39, 0.29) is 11.9 Å². The summed E-state index contributed by atoms with van der Waals surface area (Å²) in [5, 5.41) is 10.7. The fraction of sp³-hybridized carbons (Fsp3) is 0.727. The number of hydrogen-bond donors (Lipinski definition) is 1. The predicted molar refractivity (Wildman–Crippen MR) is 65.3 cm³/mol. The maximum atomic E-state index is 11.8. The van der Waals surface area contributed by atoms with E-state index in [2.05, 4.69) is 29.4 Å². The molecule has 1 heterocycles. The first kappa shape index (κ1) is 13.6. The number of nitrogens with zero attached hydrogens (tertiary/aromatic N) is 4. The van der Waals surface area contributed by atoms with E-state index in [1.165, 1.54) is 0 Å². The Bertz CT molecular complexity index is 374. The van der Waals surface area contributed by atoms with Crippen LogP contribution in [0.5, 0.6) is 0 Å². The van der Waals surface area contributed by atoms with Gasteiger partial charge in [-0.3, -0.25) is 9.69 Å². The van der Waals surface area contributed by atoms with Gasteiger partial charge >= 0.3 is 0 Å². The van der Waals surface area contributed by atoms with E-state index in [1.807, 2.05) is 25.9 Å². The molecule has 0 saturated heterocycles. The average molecular weight is 239 g/mol. The third-order valence-electron chi connectivity index (χ3n) is 2.79. The number of carbonyl (C=O) groups is 1. The lowest BCUT2D eigenvalue weighted by atomic mass is 10.3. The van der Waals surface area contributed by atoms with E-state index in [1.54, 1.807) is 10.9 Å². The summed E-state index contributed by atoms with van der Waals surface area (Å²) in [5.41, 5.74) is 0. The van der Waals surface area contributed by atoms with Gasteiger partial charge in [-0.05, 0) is 27.8 Å². The minimum atomic E-state index is -0.129. The van der Waals surface area contributed by atoms with Gasteiger partial charge in [0.05, 0.1) is 12.6 Å². The first-order valence-corrected chi connectivity index (χ1v) is 5.75. The molecular formula is C11H21N5O. The molecule has 0 aliphatic rings. The Morgan fingerprint density at radius 3 is 2.65 bits per heavy atom. The highest BCUT2D eigenvalue weighted by atomic mass is 16.2. The van der Waals surface area contributed by atoms with E-state index in [0.717, 1.165) is 5.82 Å². The Hall–Kier alpha value is -1.43. The molecule has 1 aromatic rings. The SMILES string of the molecule is CC(NC(=O)CN(C)C(C)C)c1nncn1C. The topological polar surface area (TPSA) is 63.1 Å². The van der Waals surface area contributed by atoms with Crippen molar-refractivity contribution in [3.63, 3.8) is 0 Å². The lowest BCUT2D eigenvalue weighted by Gasteiger charge is -2.21. The molecule has 0 spiro atoms. The molecule has 96 valence electrons. The van der Waals surface area contributed by atoms with Crippen LogP contribution in [0, 0.1) is 0 Å². The Kier molecular flexibility index (Phi) is 4.62. The van der Waals surface area contributed by atoms with Crippen molar-refractivity contribution in [2.75, 3.05) is 13.6 Å². The number of aryl methyl sites for hydroxylation is 1. The molecule has 1 aromatic heterocycles. The van der Waals surface area contributed by atoms with E-state index in [9.17, 15) is 4.79 Å². The summed E-state index contributed by atoms with van der Waals surface area (Å²) in [6.45, 7) is 6.40. The van der Waals surface area contributed by atoms with Crippen LogP contribution in [0.1, 0.15) is 32.6 Å². The van der Waals surface area contributed by atoms with Gasteiger partial charge < -0.3 is 9.88 Å². The normalized spacial score (nSPS) is 13.1. The molecule has 0 bridgehead atoms. The van der Waals surface area contributed by atoms with Crippen molar-refractivity contribution in [3.8, 4) is 0 Å². The van der Waals surface area contributed by atoms with E-state index >= 15 is 0 Å². The van der Waals surface area contributed by atoms with Crippen LogP contribution in [0.2, 0.25) is 0 Å². The highest BCUT2D eigenvalue weighted by Crippen LogP contribution is 2.06. The maximum Gasteiger partial charge on any atom is 0.234 e. The summed E-state index contributed by atoms with van der Waals surface area (Å²) < 4.78 is 1.80. The van der Waals surface area contributed by atoms with Crippen molar-refractivity contribution in [1.82, 2.24) is 25.0 Å². The van der Waals surface area contributed by atoms with Gasteiger partial charge in [0.1, 0.15) is 6.33 Å². The number of nitrogens with one attached hydrogen (secondary N) is 1. The molecule has 0 aliphatic carbocycles. The van der Waals surface area contributed by atoms with Gasteiger partial charge in [0, 0.05) is 13.1 Å². The fourth-order valence-corrected chi connectivity index (χ4v) is 1.44. The zero-order chi connectivity index (χ0) is 13.0. The molecule has 1 rings (SSSR count). The van der Waals surface area contributed by atoms with E-state index in [0.29, 0.717) is 12.6 Å².